The van der Waals surface area contributed by atoms with E-state index in [2.05, 4.69) is 256 Å². The molecule has 0 aliphatic rings. The first-order valence-electron chi connectivity index (χ1n) is 43.3. The largest absolute Gasteiger partial charge is 0.249 e. The van der Waals surface area contributed by atoms with Gasteiger partial charge in [0.1, 0.15) is 0 Å². The van der Waals surface area contributed by atoms with Crippen LogP contribution in [0.1, 0.15) is 374 Å². The molecule has 606 valence electrons. The first-order valence-corrected chi connectivity index (χ1v) is 43.3. The lowest BCUT2D eigenvalue weighted by Gasteiger charge is -2.08. The second-order valence-corrected chi connectivity index (χ2v) is 35.7. The Kier molecular flexibility index (Phi) is 57.5. The van der Waals surface area contributed by atoms with Gasteiger partial charge in [-0.2, -0.15) is 0 Å². The molecular weight excluding hydrogens is 1300 g/mol. The Morgan fingerprint density at radius 3 is 0.629 bits per heavy atom. The molecular formula is C87H168N18. The zero-order valence-electron chi connectivity index (χ0n) is 73.0. The predicted molar refractivity (Wildman–Crippen MR) is 445 cm³/mol. The number of unbranched alkanes of at least 4 members (excludes halogenated alkanes) is 10. The summed E-state index contributed by atoms with van der Waals surface area (Å²) in [7, 11) is 0. The Balaban J connectivity index is 0.000000631. The van der Waals surface area contributed by atoms with Crippen LogP contribution in [0.2, 0.25) is 0 Å². The van der Waals surface area contributed by atoms with Gasteiger partial charge in [-0.05, 0) is 180 Å². The van der Waals surface area contributed by atoms with Crippen molar-refractivity contribution in [1.29, 1.82) is 0 Å². The van der Waals surface area contributed by atoms with E-state index in [0.29, 0.717) is 11.8 Å². The van der Waals surface area contributed by atoms with Gasteiger partial charge in [-0.25, -0.2) is 28.1 Å². The van der Waals surface area contributed by atoms with E-state index in [4.69, 9.17) is 0 Å². The summed E-state index contributed by atoms with van der Waals surface area (Å²) in [6.07, 6.45) is 53.4. The summed E-state index contributed by atoms with van der Waals surface area (Å²) in [5.74, 6) is 9.20. The van der Waals surface area contributed by atoms with Crippen molar-refractivity contribution >= 4 is 0 Å². The van der Waals surface area contributed by atoms with Gasteiger partial charge in [0.25, 0.3) is 0 Å². The lowest BCUT2D eigenvalue weighted by atomic mass is 10.0. The topological polar surface area (TPSA) is 184 Å². The summed E-state index contributed by atoms with van der Waals surface area (Å²) in [4.78, 5) is 0. The van der Waals surface area contributed by atoms with Crippen LogP contribution in [0.3, 0.4) is 0 Å². The second-order valence-electron chi connectivity index (χ2n) is 35.7. The zero-order valence-corrected chi connectivity index (χ0v) is 73.0. The normalized spacial score (nSPS) is 11.7. The second kappa shape index (κ2) is 61.7. The van der Waals surface area contributed by atoms with Crippen LogP contribution >= 0.6 is 0 Å². The van der Waals surface area contributed by atoms with Crippen LogP contribution in [0.4, 0.5) is 0 Å². The molecule has 0 aromatic carbocycles. The van der Waals surface area contributed by atoms with Crippen molar-refractivity contribution in [2.45, 2.75) is 417 Å². The number of aryl methyl sites for hydroxylation is 10. The van der Waals surface area contributed by atoms with E-state index in [-0.39, 0.29) is 0 Å². The van der Waals surface area contributed by atoms with E-state index < -0.39 is 0 Å². The van der Waals surface area contributed by atoms with Crippen molar-refractivity contribution in [3.8, 4) is 0 Å². The van der Waals surface area contributed by atoms with E-state index in [1.807, 2.05) is 37.2 Å². The van der Waals surface area contributed by atoms with Gasteiger partial charge in [0.2, 0.25) is 0 Å². The number of nitrogens with zero attached hydrogens (tertiary/aromatic N) is 18. The number of rotatable bonds is 51. The molecule has 0 N–H and O–H groups in total. The van der Waals surface area contributed by atoms with Crippen molar-refractivity contribution in [3.63, 3.8) is 0 Å². The minimum absolute atomic E-state index is 0.636. The minimum Gasteiger partial charge on any atom is -0.249 e. The van der Waals surface area contributed by atoms with Gasteiger partial charge >= 0.3 is 0 Å². The molecule has 0 saturated carbocycles. The quantitative estimate of drug-likeness (QED) is 0.0330. The highest BCUT2D eigenvalue weighted by Gasteiger charge is 2.12. The van der Waals surface area contributed by atoms with E-state index >= 15 is 0 Å². The molecule has 0 unspecified atom stereocenters. The average Bonchev–Trinajstić information content (AvgIpc) is 1.80. The first-order chi connectivity index (χ1) is 50.1. The molecule has 18 heteroatoms. The third-order valence-corrected chi connectivity index (χ3v) is 19.0. The Morgan fingerprint density at radius 1 is 0.181 bits per heavy atom. The highest BCUT2D eigenvalue weighted by molar-refractivity contribution is 4.98. The summed E-state index contributed by atoms with van der Waals surface area (Å²) in [6.45, 7) is 60.4. The van der Waals surface area contributed by atoms with Crippen LogP contribution < -0.4 is 0 Å². The maximum Gasteiger partial charge on any atom is 0.0725 e. The van der Waals surface area contributed by atoms with Gasteiger partial charge in [-0.3, -0.25) is 0 Å². The highest BCUT2D eigenvalue weighted by atomic mass is 15.4. The van der Waals surface area contributed by atoms with E-state index in [1.54, 1.807) is 0 Å². The Hall–Kier alpha value is -5.16. The zero-order chi connectivity index (χ0) is 78.2. The van der Waals surface area contributed by atoms with Crippen molar-refractivity contribution in [2.24, 2.45) is 71.0 Å². The number of aromatic nitrogens is 18. The summed E-state index contributed by atoms with van der Waals surface area (Å²) < 4.78 is 12.5. The molecule has 6 rings (SSSR count). The molecule has 0 radical (unpaired) electrons. The Bertz CT molecular complexity index is 2680. The van der Waals surface area contributed by atoms with Crippen LogP contribution in [0.25, 0.3) is 0 Å². The monoisotopic (exact) mass is 1470 g/mol. The van der Waals surface area contributed by atoms with Crippen LogP contribution in [0.5, 0.6) is 0 Å². The highest BCUT2D eigenvalue weighted by Crippen LogP contribution is 2.19. The summed E-state index contributed by atoms with van der Waals surface area (Å²) in [5, 5.41) is 49.2. The minimum atomic E-state index is 0.636. The molecule has 6 aromatic rings. The lowest BCUT2D eigenvalue weighted by molar-refractivity contribution is 0.453. The Labute approximate surface area is 646 Å². The molecule has 6 aromatic heterocycles. The molecule has 0 spiro atoms. The molecule has 18 nitrogen and oxygen atoms in total. The fourth-order valence-electron chi connectivity index (χ4n) is 12.2. The average molecular weight is 1470 g/mol. The number of hydrogen-bond donors (Lipinski definition) is 0. The fourth-order valence-corrected chi connectivity index (χ4v) is 12.2. The SMILES string of the molecule is CC(C)CCCCCCCc1cnnn1CCC(C)C.CC(C)CCCCCc1cnnn1CC(C)C.CC(C)CCCCCc1cnnn1CC(C)C.CC(C)CCCCc1cnnn1CCC(C)C.CC(C)CCCCc1cnnn1CCC(C)C.CC(C)CCCc1cnnn1CCCC(C)C. The van der Waals surface area contributed by atoms with Gasteiger partial charge < -0.3 is 0 Å². The Morgan fingerprint density at radius 2 is 0.362 bits per heavy atom. The maximum atomic E-state index is 4.20. The molecule has 105 heavy (non-hydrogen) atoms. The van der Waals surface area contributed by atoms with Crippen molar-refractivity contribution in [1.82, 2.24) is 90.0 Å². The van der Waals surface area contributed by atoms with E-state index in [0.717, 1.165) is 137 Å². The summed E-state index contributed by atoms with van der Waals surface area (Å²) in [5.41, 5.74) is 7.80. The number of hydrogen-bond acceptors (Lipinski definition) is 12. The molecule has 0 atom stereocenters. The molecule has 0 aliphatic carbocycles. The van der Waals surface area contributed by atoms with Crippen molar-refractivity contribution in [2.75, 3.05) is 0 Å². The van der Waals surface area contributed by atoms with Crippen LogP contribution in [0, 0.1) is 71.0 Å². The molecule has 0 fully saturated rings. The van der Waals surface area contributed by atoms with Crippen LogP contribution in [-0.2, 0) is 77.8 Å². The third kappa shape index (κ3) is 55.0. The fraction of sp³-hybridized carbons (Fsp3) is 0.862. The smallest absolute Gasteiger partial charge is 0.0725 e. The molecule has 0 bridgehead atoms. The summed E-state index contributed by atoms with van der Waals surface area (Å²) in [6, 6.07) is 0. The van der Waals surface area contributed by atoms with Crippen molar-refractivity contribution in [3.05, 3.63) is 71.3 Å². The van der Waals surface area contributed by atoms with Crippen molar-refractivity contribution < 1.29 is 0 Å². The van der Waals surface area contributed by atoms with Gasteiger partial charge in [0.05, 0.1) is 71.3 Å². The van der Waals surface area contributed by atoms with Gasteiger partial charge in [0.15, 0.2) is 0 Å². The molecule has 0 saturated heterocycles. The standard InChI is InChI=1S/C17H33N3.5C14H27N3/c1-15(2)10-8-6-5-7-9-11-17-14-18-19-20(17)13-12-16(3)4;1-12(2)7-5-9-14-11-15-16-17(14)10-6-8-13(3)4;2*1-12(2)7-5-6-8-14-11-15-16-17(14)10-9-13(3)4;2*1-12(2)8-6-5-7-9-14-10-15-16-17(14)11-13(3)4/h14-16H,5-13H2,1-4H3;3*11-13H,5-10H2,1-4H3;2*10,12-13H,5-9,11H2,1-4H3. The van der Waals surface area contributed by atoms with Crippen LogP contribution in [0.15, 0.2) is 37.2 Å². The molecule has 6 heterocycles. The summed E-state index contributed by atoms with van der Waals surface area (Å²) >= 11 is 0. The lowest BCUT2D eigenvalue weighted by Crippen LogP contribution is -2.09. The molecule has 0 amide bonds. The first kappa shape index (κ1) is 97.9. The third-order valence-electron chi connectivity index (χ3n) is 19.0. The van der Waals surface area contributed by atoms with E-state index in [9.17, 15) is 0 Å². The predicted octanol–water partition coefficient (Wildman–Crippen LogP) is 23.3. The van der Waals surface area contributed by atoms with Crippen LogP contribution in [-0.4, -0.2) is 90.0 Å². The van der Waals surface area contributed by atoms with Gasteiger partial charge in [-0.1, -0.05) is 300 Å². The van der Waals surface area contributed by atoms with Gasteiger partial charge in [-0.15, -0.1) is 30.6 Å². The van der Waals surface area contributed by atoms with Gasteiger partial charge in [0, 0.05) is 39.3 Å². The molecule has 0 aliphatic heterocycles. The van der Waals surface area contributed by atoms with E-state index in [1.165, 1.54) is 208 Å². The maximum absolute atomic E-state index is 4.20.